The molecule has 2 aromatic carbocycles. The zero-order valence-corrected chi connectivity index (χ0v) is 26.4. The van der Waals surface area contributed by atoms with Gasteiger partial charge >= 0.3 is 108 Å². The topological polar surface area (TPSA) is 93.4 Å². The van der Waals surface area contributed by atoms with Gasteiger partial charge in [-0.1, -0.05) is 45.9 Å². The van der Waals surface area contributed by atoms with Crippen LogP contribution in [0.25, 0.3) is 33.4 Å². The van der Waals surface area contributed by atoms with Crippen molar-refractivity contribution >= 4 is 130 Å². The van der Waals surface area contributed by atoms with Crippen molar-refractivity contribution in [3.63, 3.8) is 0 Å². The fourth-order valence-corrected chi connectivity index (χ4v) is 5.56. The molecule has 1 aliphatic heterocycles. The van der Waals surface area contributed by atoms with Crippen molar-refractivity contribution < 1.29 is 78.5 Å². The molecule has 0 radical (unpaired) electrons. The summed E-state index contributed by atoms with van der Waals surface area (Å²) >= 11 is 13.0. The molecule has 0 atom stereocenters. The summed E-state index contributed by atoms with van der Waals surface area (Å²) in [6.45, 7) is 0. The third-order valence-corrected chi connectivity index (χ3v) is 7.04. The second-order valence-electron chi connectivity index (χ2n) is 6.07. The van der Waals surface area contributed by atoms with Crippen LogP contribution in [-0.2, 0) is 0 Å². The Kier molecular flexibility index (Phi) is 12.9. The number of carbonyl (C=O) groups excluding carboxylic acids is 1. The van der Waals surface area contributed by atoms with E-state index < -0.39 is 5.97 Å². The Morgan fingerprint density at radius 1 is 0.906 bits per heavy atom. The van der Waals surface area contributed by atoms with E-state index in [0.717, 1.165) is 0 Å². The second kappa shape index (κ2) is 12.9. The Labute approximate surface area is 300 Å². The van der Waals surface area contributed by atoms with Gasteiger partial charge in [0.2, 0.25) is 5.43 Å². The molecular weight excluding hydrogens is 823 g/mol. The van der Waals surface area contributed by atoms with Crippen LogP contribution in [-0.4, -0.2) is 54.9 Å². The third-order valence-electron chi connectivity index (χ3n) is 4.42. The van der Waals surface area contributed by atoms with Gasteiger partial charge in [0.1, 0.15) is 10.1 Å². The van der Waals surface area contributed by atoms with Crippen LogP contribution in [0.3, 0.4) is 0 Å². The minimum atomic E-state index is -1.35. The molecule has 1 heterocycles. The summed E-state index contributed by atoms with van der Waals surface area (Å²) in [6.07, 6.45) is 0. The number of carboxylic acid groups (broad SMARTS) is 1. The van der Waals surface area contributed by atoms with Crippen molar-refractivity contribution in [2.45, 2.75) is 0 Å². The molecule has 4 rings (SSSR count). The molecule has 0 fully saturated rings. The predicted molar refractivity (Wildman–Crippen MR) is 128 cm³/mol. The molecule has 0 bridgehead atoms. The van der Waals surface area contributed by atoms with E-state index in [1.165, 1.54) is 6.07 Å². The van der Waals surface area contributed by atoms with Crippen molar-refractivity contribution in [1.29, 1.82) is 0 Å². The van der Waals surface area contributed by atoms with Gasteiger partial charge in [-0.3, -0.25) is 4.79 Å². The van der Waals surface area contributed by atoms with Crippen LogP contribution < -0.4 is 74.8 Å². The van der Waals surface area contributed by atoms with Gasteiger partial charge in [0, 0.05) is 26.5 Å². The minimum Gasteiger partial charge on any atom is 1.00 e. The van der Waals surface area contributed by atoms with Crippen LogP contribution in [0, 0.1) is 0 Å². The maximum atomic E-state index is 12.4. The zero-order chi connectivity index (χ0) is 21.0. The van der Waals surface area contributed by atoms with Crippen LogP contribution in [0.4, 0.5) is 0 Å². The molecular formula is C20H8BaBr4Na2O5. The summed E-state index contributed by atoms with van der Waals surface area (Å²) in [5.74, 6) is -1.49. The van der Waals surface area contributed by atoms with Gasteiger partial charge in [0.25, 0.3) is 0 Å². The molecule has 0 unspecified atom stereocenters. The molecule has 5 nitrogen and oxygen atoms in total. The third kappa shape index (κ3) is 5.73. The largest absolute Gasteiger partial charge is 1.00 e. The number of fused-ring (bicyclic) bond motifs is 2. The molecule has 0 aromatic heterocycles. The van der Waals surface area contributed by atoms with Gasteiger partial charge in [-0.15, -0.1) is 0 Å². The van der Waals surface area contributed by atoms with E-state index in [9.17, 15) is 19.8 Å². The average Bonchev–Trinajstić information content (AvgIpc) is 2.69. The number of hydrogen-bond donors (Lipinski definition) is 0. The number of benzene rings is 3. The van der Waals surface area contributed by atoms with Crippen molar-refractivity contribution in [2.75, 3.05) is 0 Å². The first-order valence-electron chi connectivity index (χ1n) is 7.96. The van der Waals surface area contributed by atoms with Crippen molar-refractivity contribution in [1.82, 2.24) is 0 Å². The van der Waals surface area contributed by atoms with Crippen LogP contribution >= 0.6 is 63.7 Å². The summed E-state index contributed by atoms with van der Waals surface area (Å²) in [5.41, 5.74) is 1.17. The molecule has 12 heteroatoms. The normalized spacial score (nSPS) is 10.2. The van der Waals surface area contributed by atoms with Crippen LogP contribution in [0.1, 0.15) is 10.4 Å². The van der Waals surface area contributed by atoms with Crippen LogP contribution in [0.5, 0.6) is 5.75 Å². The maximum Gasteiger partial charge on any atom is 1.00 e. The summed E-state index contributed by atoms with van der Waals surface area (Å²) in [4.78, 5) is 24.2. The number of hydrogen-bond acceptors (Lipinski definition) is 5. The van der Waals surface area contributed by atoms with Crippen LogP contribution in [0.2, 0.25) is 0 Å². The van der Waals surface area contributed by atoms with E-state index in [-0.39, 0.29) is 154 Å². The average molecular weight is 831 g/mol. The number of halogens is 4. The number of carboxylic acids is 1. The molecule has 0 saturated carbocycles. The van der Waals surface area contributed by atoms with Gasteiger partial charge in [-0.2, -0.15) is 0 Å². The van der Waals surface area contributed by atoms with Crippen molar-refractivity contribution in [3.8, 4) is 28.2 Å². The fourth-order valence-electron chi connectivity index (χ4n) is 3.16. The monoisotopic (exact) mass is 828 g/mol. The van der Waals surface area contributed by atoms with E-state index in [2.05, 4.69) is 63.7 Å². The minimum absolute atomic E-state index is 0. The Bertz CT molecular complexity index is 1380. The van der Waals surface area contributed by atoms with Gasteiger partial charge in [0.05, 0.1) is 14.9 Å². The first-order valence-corrected chi connectivity index (χ1v) is 11.1. The zero-order valence-electron chi connectivity index (χ0n) is 16.0. The molecule has 2 aromatic rings. The van der Waals surface area contributed by atoms with E-state index in [4.69, 9.17) is 4.42 Å². The molecule has 0 N–H and O–H groups in total. The van der Waals surface area contributed by atoms with Crippen molar-refractivity contribution in [3.05, 3.63) is 70.1 Å². The Morgan fingerprint density at radius 3 is 2.16 bits per heavy atom. The molecule has 0 spiro atoms. The smallest absolute Gasteiger partial charge is 1.00 e. The Hall–Kier alpha value is 1.89. The second-order valence-corrected chi connectivity index (χ2v) is 9.36. The molecule has 0 saturated heterocycles. The number of rotatable bonds is 2. The van der Waals surface area contributed by atoms with Crippen LogP contribution in [0.15, 0.2) is 63.5 Å². The summed E-state index contributed by atoms with van der Waals surface area (Å²) in [7, 11) is 0. The first-order chi connectivity index (χ1) is 13.7. The predicted octanol–water partition coefficient (Wildman–Crippen LogP) is -1.86. The molecule has 150 valence electrons. The van der Waals surface area contributed by atoms with Gasteiger partial charge in [0.15, 0.2) is 5.76 Å². The summed E-state index contributed by atoms with van der Waals surface area (Å²) < 4.78 is 6.80. The van der Waals surface area contributed by atoms with E-state index in [0.29, 0.717) is 22.1 Å². The standard InChI is InChI=1S/C20H8Br4O5.Ba.2Na.2H/c21-11-5-9-13(7-3-1-2-4-8(7)20(27)28)10-6-12(22)17(26)15(24)19(10)29-18(9)14(23)16(11)25;;;;;/h1-6,25H,(H,27,28);;;;;/q;;2*+1;;/p-2. The van der Waals surface area contributed by atoms with Gasteiger partial charge in [-0.05, 0) is 65.5 Å². The SMILES string of the molecule is O=C([O-])c1ccccc1-c1c2cc(Br)c(=O)c(Br)c-2oc2c(Br)c([O-])c(Br)cc12.[BaH2].[Na+].[Na+]. The number of aromatic carboxylic acids is 1. The quantitative estimate of drug-likeness (QED) is 0.175. The Balaban J connectivity index is 0.00000171. The van der Waals surface area contributed by atoms with Gasteiger partial charge in [-0.25, -0.2) is 0 Å². The van der Waals surface area contributed by atoms with E-state index in [1.807, 2.05) is 0 Å². The Morgan fingerprint density at radius 2 is 1.53 bits per heavy atom. The van der Waals surface area contributed by atoms with E-state index >= 15 is 0 Å². The van der Waals surface area contributed by atoms with Crippen molar-refractivity contribution in [2.24, 2.45) is 0 Å². The van der Waals surface area contributed by atoms with E-state index in [1.54, 1.807) is 30.3 Å². The molecule has 2 aliphatic rings. The molecule has 0 amide bonds. The fraction of sp³-hybridized carbons (Fsp3) is 0. The molecule has 32 heavy (non-hydrogen) atoms. The van der Waals surface area contributed by atoms with Gasteiger partial charge < -0.3 is 19.4 Å². The summed E-state index contributed by atoms with van der Waals surface area (Å²) in [6, 6.07) is 9.50. The number of carbonyl (C=O) groups is 1. The summed E-state index contributed by atoms with van der Waals surface area (Å²) in [5, 5.41) is 24.7. The maximum absolute atomic E-state index is 12.4. The molecule has 1 aliphatic carbocycles. The first kappa shape index (κ1) is 31.9.